The molecule has 2 rings (SSSR count). The van der Waals surface area contributed by atoms with E-state index in [1.807, 2.05) is 6.92 Å². The number of rotatable bonds is 4. The summed E-state index contributed by atoms with van der Waals surface area (Å²) in [6.45, 7) is 2.12. The third-order valence-corrected chi connectivity index (χ3v) is 3.26. The van der Waals surface area contributed by atoms with E-state index in [4.69, 9.17) is 26.2 Å². The first kappa shape index (κ1) is 16.5. The molecule has 1 N–H and O–H groups in total. The number of carbonyl (C=O) groups is 1. The van der Waals surface area contributed by atoms with Crippen LogP contribution in [0.3, 0.4) is 0 Å². The Morgan fingerprint density at radius 2 is 2.14 bits per heavy atom. The Kier molecular flexibility index (Phi) is 4.55. The number of hydrogen-bond acceptors (Lipinski definition) is 3. The van der Waals surface area contributed by atoms with Crippen LogP contribution in [0.25, 0.3) is 6.08 Å². The minimum atomic E-state index is -4.87. The number of ether oxygens (including phenoxy) is 2. The number of hydrogen-bond donors (Lipinski definition) is 1. The molecule has 120 valence electrons. The minimum Gasteiger partial charge on any atom is -0.490 e. The zero-order chi connectivity index (χ0) is 16.5. The van der Waals surface area contributed by atoms with Crippen LogP contribution in [0.5, 0.6) is 11.5 Å². The van der Waals surface area contributed by atoms with E-state index in [9.17, 15) is 18.0 Å². The standard InChI is InChI=1S/C14H12ClF3O4/c1-2-5-21-10-4-3-9(15)7-6-8(13(19)20)12(14(16,17)18)22-11(7)10/h3-4,6,12H,2,5H2,1H3,(H,19,20). The maximum absolute atomic E-state index is 13.0. The van der Waals surface area contributed by atoms with Gasteiger partial charge < -0.3 is 14.6 Å². The van der Waals surface area contributed by atoms with Gasteiger partial charge >= 0.3 is 12.1 Å². The summed E-state index contributed by atoms with van der Waals surface area (Å²) in [4.78, 5) is 11.1. The van der Waals surface area contributed by atoms with Crippen LogP contribution in [-0.4, -0.2) is 30.0 Å². The highest BCUT2D eigenvalue weighted by molar-refractivity contribution is 6.32. The first-order chi connectivity index (χ1) is 10.3. The number of aliphatic carboxylic acids is 1. The number of fused-ring (bicyclic) bond motifs is 1. The highest BCUT2D eigenvalue weighted by atomic mass is 35.5. The summed E-state index contributed by atoms with van der Waals surface area (Å²) in [7, 11) is 0. The van der Waals surface area contributed by atoms with Crippen LogP contribution in [0, 0.1) is 0 Å². The summed E-state index contributed by atoms with van der Waals surface area (Å²) in [5.74, 6) is -1.83. The highest BCUT2D eigenvalue weighted by Crippen LogP contribution is 2.44. The Labute approximate surface area is 129 Å². The molecule has 1 unspecified atom stereocenters. The van der Waals surface area contributed by atoms with Crippen molar-refractivity contribution in [1.82, 2.24) is 0 Å². The molecule has 0 spiro atoms. The van der Waals surface area contributed by atoms with E-state index in [2.05, 4.69) is 0 Å². The van der Waals surface area contributed by atoms with Gasteiger partial charge in [-0.15, -0.1) is 0 Å². The van der Waals surface area contributed by atoms with Crippen LogP contribution in [0.1, 0.15) is 18.9 Å². The number of carboxylic acid groups (broad SMARTS) is 1. The van der Waals surface area contributed by atoms with Crippen LogP contribution in [-0.2, 0) is 4.79 Å². The fraction of sp³-hybridized carbons (Fsp3) is 0.357. The number of halogens is 4. The molecule has 0 bridgehead atoms. The van der Waals surface area contributed by atoms with Gasteiger partial charge in [0.2, 0.25) is 6.10 Å². The van der Waals surface area contributed by atoms with Crippen LogP contribution < -0.4 is 9.47 Å². The maximum Gasteiger partial charge on any atom is 0.430 e. The smallest absolute Gasteiger partial charge is 0.430 e. The zero-order valence-corrected chi connectivity index (χ0v) is 12.2. The summed E-state index contributed by atoms with van der Waals surface area (Å²) >= 11 is 5.93. The number of alkyl halides is 3. The monoisotopic (exact) mass is 336 g/mol. The van der Waals surface area contributed by atoms with Gasteiger partial charge in [0, 0.05) is 5.56 Å². The summed E-state index contributed by atoms with van der Waals surface area (Å²) in [5.41, 5.74) is -0.859. The van der Waals surface area contributed by atoms with Gasteiger partial charge in [0.1, 0.15) is 0 Å². The number of benzene rings is 1. The Hall–Kier alpha value is -1.89. The Morgan fingerprint density at radius 1 is 1.45 bits per heavy atom. The average molecular weight is 337 g/mol. The average Bonchev–Trinajstić information content (AvgIpc) is 2.44. The second-order valence-corrected chi connectivity index (χ2v) is 4.99. The molecule has 1 heterocycles. The second kappa shape index (κ2) is 6.08. The predicted molar refractivity (Wildman–Crippen MR) is 73.3 cm³/mol. The molecule has 8 heteroatoms. The van der Waals surface area contributed by atoms with Crippen LogP contribution in [0.15, 0.2) is 17.7 Å². The van der Waals surface area contributed by atoms with Gasteiger partial charge in [0.05, 0.1) is 17.2 Å². The summed E-state index contributed by atoms with van der Waals surface area (Å²) in [6.07, 6.45) is -5.91. The molecule has 1 aliphatic rings. The molecule has 1 aliphatic heterocycles. The molecule has 0 saturated carbocycles. The van der Waals surface area contributed by atoms with Crippen LogP contribution >= 0.6 is 11.6 Å². The van der Waals surface area contributed by atoms with Gasteiger partial charge in [-0.3, -0.25) is 0 Å². The van der Waals surface area contributed by atoms with Crippen molar-refractivity contribution in [2.45, 2.75) is 25.6 Å². The molecule has 1 aromatic carbocycles. The first-order valence-corrected chi connectivity index (χ1v) is 6.77. The van der Waals surface area contributed by atoms with E-state index in [1.165, 1.54) is 12.1 Å². The van der Waals surface area contributed by atoms with Crippen molar-refractivity contribution < 1.29 is 32.5 Å². The Morgan fingerprint density at radius 3 is 2.68 bits per heavy atom. The van der Waals surface area contributed by atoms with Crippen LogP contribution in [0.4, 0.5) is 13.2 Å². The van der Waals surface area contributed by atoms with E-state index >= 15 is 0 Å². The molecule has 4 nitrogen and oxygen atoms in total. The largest absolute Gasteiger partial charge is 0.490 e. The topological polar surface area (TPSA) is 55.8 Å². The molecule has 0 aliphatic carbocycles. The minimum absolute atomic E-state index is 0.0631. The van der Waals surface area contributed by atoms with Crippen molar-refractivity contribution in [3.8, 4) is 11.5 Å². The molecule has 0 saturated heterocycles. The summed E-state index contributed by atoms with van der Waals surface area (Å²) in [5, 5.41) is 9.06. The zero-order valence-electron chi connectivity index (χ0n) is 11.4. The van der Waals surface area contributed by atoms with Crippen molar-refractivity contribution in [2.75, 3.05) is 6.61 Å². The van der Waals surface area contributed by atoms with Crippen molar-refractivity contribution in [3.05, 3.63) is 28.3 Å². The normalized spacial score (nSPS) is 17.3. The van der Waals surface area contributed by atoms with Crippen molar-refractivity contribution in [1.29, 1.82) is 0 Å². The van der Waals surface area contributed by atoms with Crippen molar-refractivity contribution in [2.24, 2.45) is 0 Å². The third kappa shape index (κ3) is 3.14. The summed E-state index contributed by atoms with van der Waals surface area (Å²) in [6, 6.07) is 2.81. The van der Waals surface area contributed by atoms with Gasteiger partial charge in [-0.1, -0.05) is 18.5 Å². The molecule has 22 heavy (non-hydrogen) atoms. The Balaban J connectivity index is 2.56. The van der Waals surface area contributed by atoms with E-state index in [1.54, 1.807) is 0 Å². The van der Waals surface area contributed by atoms with E-state index in [0.717, 1.165) is 6.08 Å². The number of carboxylic acids is 1. The third-order valence-electron chi connectivity index (χ3n) is 2.93. The molecule has 0 aromatic heterocycles. The van der Waals surface area contributed by atoms with Gasteiger partial charge in [0.15, 0.2) is 11.5 Å². The van der Waals surface area contributed by atoms with Gasteiger partial charge in [-0.05, 0) is 24.6 Å². The lowest BCUT2D eigenvalue weighted by molar-refractivity contribution is -0.187. The van der Waals surface area contributed by atoms with E-state index in [0.29, 0.717) is 6.42 Å². The van der Waals surface area contributed by atoms with Gasteiger partial charge in [0.25, 0.3) is 0 Å². The molecule has 0 fully saturated rings. The molecule has 0 radical (unpaired) electrons. The fourth-order valence-corrected chi connectivity index (χ4v) is 2.17. The van der Waals surface area contributed by atoms with Crippen LogP contribution in [0.2, 0.25) is 5.02 Å². The summed E-state index contributed by atoms with van der Waals surface area (Å²) < 4.78 is 49.3. The maximum atomic E-state index is 13.0. The molecule has 1 aromatic rings. The van der Waals surface area contributed by atoms with E-state index < -0.39 is 23.8 Å². The lowest BCUT2D eigenvalue weighted by atomic mass is 10.0. The molecular formula is C14H12ClF3O4. The van der Waals surface area contributed by atoms with Crippen molar-refractivity contribution >= 4 is 23.6 Å². The SMILES string of the molecule is CCCOc1ccc(Cl)c2c1OC(C(F)(F)F)C(C(=O)O)=C2. The van der Waals surface area contributed by atoms with E-state index in [-0.39, 0.29) is 28.7 Å². The lowest BCUT2D eigenvalue weighted by Crippen LogP contribution is -2.40. The molecular weight excluding hydrogens is 325 g/mol. The second-order valence-electron chi connectivity index (χ2n) is 4.58. The predicted octanol–water partition coefficient (Wildman–Crippen LogP) is 3.92. The van der Waals surface area contributed by atoms with Gasteiger partial charge in [-0.25, -0.2) is 4.79 Å². The fourth-order valence-electron chi connectivity index (χ4n) is 1.97. The highest BCUT2D eigenvalue weighted by Gasteiger charge is 2.49. The first-order valence-electron chi connectivity index (χ1n) is 6.39. The molecule has 0 amide bonds. The van der Waals surface area contributed by atoms with Gasteiger partial charge in [-0.2, -0.15) is 13.2 Å². The lowest BCUT2D eigenvalue weighted by Gasteiger charge is -2.28. The molecule has 1 atom stereocenters. The quantitative estimate of drug-likeness (QED) is 0.905. The van der Waals surface area contributed by atoms with Crippen molar-refractivity contribution in [3.63, 3.8) is 0 Å². The Bertz CT molecular complexity index is 625.